The number of carbonyl (C=O) groups excluding carboxylic acids is 3. The summed E-state index contributed by atoms with van der Waals surface area (Å²) >= 11 is 0. The molecule has 1 saturated heterocycles. The third-order valence-electron chi connectivity index (χ3n) is 4.02. The van der Waals surface area contributed by atoms with Crippen LogP contribution in [0.4, 0.5) is 18.9 Å². The number of rotatable bonds is 6. The number of benzene rings is 1. The maximum absolute atomic E-state index is 12.1. The Labute approximate surface area is 159 Å². The Kier molecular flexibility index (Phi) is 7.24. The van der Waals surface area contributed by atoms with Gasteiger partial charge >= 0.3 is 12.3 Å². The third kappa shape index (κ3) is 7.09. The first-order valence-electron chi connectivity index (χ1n) is 8.78. The van der Waals surface area contributed by atoms with Crippen molar-refractivity contribution in [3.63, 3.8) is 0 Å². The predicted molar refractivity (Wildman–Crippen MR) is 92.4 cm³/mol. The standard InChI is InChI=1S/C18H21F3N2O5/c1-12(27-16(25)11-23-10-4-2-3-5-15(23)24)17(26)22-13-6-8-14(9-7-13)28-18(19,20)21/h6-9,12H,2-5,10-11H2,1H3,(H,22,26). The Bertz CT molecular complexity index is 706. The molecule has 0 spiro atoms. The van der Waals surface area contributed by atoms with Crippen LogP contribution in [-0.2, 0) is 19.1 Å². The van der Waals surface area contributed by atoms with E-state index in [1.54, 1.807) is 0 Å². The van der Waals surface area contributed by atoms with E-state index >= 15 is 0 Å². The molecule has 0 radical (unpaired) electrons. The highest BCUT2D eigenvalue weighted by molar-refractivity contribution is 5.95. The summed E-state index contributed by atoms with van der Waals surface area (Å²) in [5, 5.41) is 2.43. The Morgan fingerprint density at radius 3 is 2.50 bits per heavy atom. The molecule has 1 aromatic rings. The molecule has 2 rings (SSSR count). The van der Waals surface area contributed by atoms with Crippen LogP contribution in [0.5, 0.6) is 5.75 Å². The van der Waals surface area contributed by atoms with Gasteiger partial charge in [0.1, 0.15) is 12.3 Å². The normalized spacial score (nSPS) is 16.1. The number of alkyl halides is 3. The van der Waals surface area contributed by atoms with Crippen LogP contribution in [0.2, 0.25) is 0 Å². The molecule has 2 amide bonds. The van der Waals surface area contributed by atoms with Crippen LogP contribution in [-0.4, -0.2) is 48.2 Å². The molecule has 1 heterocycles. The largest absolute Gasteiger partial charge is 0.573 e. The topological polar surface area (TPSA) is 84.9 Å². The molecule has 10 heteroatoms. The molecule has 1 N–H and O–H groups in total. The molecule has 0 aliphatic carbocycles. The maximum atomic E-state index is 12.1. The fraction of sp³-hybridized carbons (Fsp3) is 0.500. The van der Waals surface area contributed by atoms with Crippen molar-refractivity contribution in [1.29, 1.82) is 0 Å². The summed E-state index contributed by atoms with van der Waals surface area (Å²) < 4.78 is 45.2. The molecule has 1 aromatic carbocycles. The van der Waals surface area contributed by atoms with Crippen molar-refractivity contribution < 1.29 is 37.0 Å². The van der Waals surface area contributed by atoms with E-state index in [0.717, 1.165) is 31.4 Å². The molecule has 1 aliphatic rings. The Morgan fingerprint density at radius 1 is 1.18 bits per heavy atom. The van der Waals surface area contributed by atoms with E-state index in [1.807, 2.05) is 0 Å². The average Bonchev–Trinajstić information content (AvgIpc) is 2.80. The zero-order valence-electron chi connectivity index (χ0n) is 15.3. The first kappa shape index (κ1) is 21.5. The third-order valence-corrected chi connectivity index (χ3v) is 4.02. The summed E-state index contributed by atoms with van der Waals surface area (Å²) in [6.07, 6.45) is -3.04. The van der Waals surface area contributed by atoms with E-state index in [0.29, 0.717) is 13.0 Å². The van der Waals surface area contributed by atoms with Crippen LogP contribution in [0.15, 0.2) is 24.3 Å². The number of nitrogens with one attached hydrogen (secondary N) is 1. The fourth-order valence-electron chi connectivity index (χ4n) is 2.63. The Morgan fingerprint density at radius 2 is 1.86 bits per heavy atom. The Balaban J connectivity index is 1.83. The first-order chi connectivity index (χ1) is 13.1. The van der Waals surface area contributed by atoms with Crippen LogP contribution >= 0.6 is 0 Å². The van der Waals surface area contributed by atoms with Crippen molar-refractivity contribution in [3.05, 3.63) is 24.3 Å². The van der Waals surface area contributed by atoms with Crippen molar-refractivity contribution in [1.82, 2.24) is 4.90 Å². The quantitative estimate of drug-likeness (QED) is 0.740. The molecular formula is C18H21F3N2O5. The molecular weight excluding hydrogens is 381 g/mol. The lowest BCUT2D eigenvalue weighted by Gasteiger charge is -2.20. The molecule has 7 nitrogen and oxygen atoms in total. The second-order valence-electron chi connectivity index (χ2n) is 6.32. The number of hydrogen-bond acceptors (Lipinski definition) is 5. The van der Waals surface area contributed by atoms with Gasteiger partial charge in [-0.05, 0) is 44.0 Å². The molecule has 1 atom stereocenters. The van der Waals surface area contributed by atoms with Crippen LogP contribution in [0.25, 0.3) is 0 Å². The van der Waals surface area contributed by atoms with E-state index in [-0.39, 0.29) is 18.1 Å². The lowest BCUT2D eigenvalue weighted by atomic mass is 10.2. The Hall–Kier alpha value is -2.78. The van der Waals surface area contributed by atoms with Gasteiger partial charge in [-0.2, -0.15) is 0 Å². The number of hydrogen-bond donors (Lipinski definition) is 1. The van der Waals surface area contributed by atoms with E-state index in [2.05, 4.69) is 10.1 Å². The monoisotopic (exact) mass is 402 g/mol. The summed E-state index contributed by atoms with van der Waals surface area (Å²) in [4.78, 5) is 37.4. The van der Waals surface area contributed by atoms with Gasteiger partial charge in [-0.1, -0.05) is 6.42 Å². The number of nitrogens with zero attached hydrogens (tertiary/aromatic N) is 1. The number of esters is 1. The molecule has 28 heavy (non-hydrogen) atoms. The van der Waals surface area contributed by atoms with E-state index < -0.39 is 30.1 Å². The van der Waals surface area contributed by atoms with Crippen LogP contribution in [0.1, 0.15) is 32.6 Å². The number of ether oxygens (including phenoxy) is 2. The highest BCUT2D eigenvalue weighted by Gasteiger charge is 2.31. The zero-order valence-corrected chi connectivity index (χ0v) is 15.3. The second kappa shape index (κ2) is 9.43. The minimum atomic E-state index is -4.80. The van der Waals surface area contributed by atoms with Crippen molar-refractivity contribution >= 4 is 23.5 Å². The van der Waals surface area contributed by atoms with Crippen molar-refractivity contribution in [3.8, 4) is 5.75 Å². The van der Waals surface area contributed by atoms with Crippen molar-refractivity contribution in [2.75, 3.05) is 18.4 Å². The van der Waals surface area contributed by atoms with E-state index in [9.17, 15) is 27.6 Å². The smallest absolute Gasteiger partial charge is 0.451 e. The van der Waals surface area contributed by atoms with Gasteiger partial charge in [0.15, 0.2) is 6.10 Å². The summed E-state index contributed by atoms with van der Waals surface area (Å²) in [6.45, 7) is 1.61. The highest BCUT2D eigenvalue weighted by atomic mass is 19.4. The molecule has 0 aromatic heterocycles. The molecule has 154 valence electrons. The molecule has 0 bridgehead atoms. The van der Waals surface area contributed by atoms with Gasteiger partial charge in [0, 0.05) is 18.7 Å². The summed E-state index contributed by atoms with van der Waals surface area (Å²) in [5.41, 5.74) is 0.213. The second-order valence-corrected chi connectivity index (χ2v) is 6.32. The zero-order chi connectivity index (χ0) is 20.7. The molecule has 1 unspecified atom stereocenters. The number of likely N-dealkylation sites (tertiary alicyclic amines) is 1. The van der Waals surface area contributed by atoms with Crippen LogP contribution in [0, 0.1) is 0 Å². The minimum absolute atomic E-state index is 0.118. The van der Waals surface area contributed by atoms with Gasteiger partial charge in [0.25, 0.3) is 5.91 Å². The first-order valence-corrected chi connectivity index (χ1v) is 8.78. The average molecular weight is 402 g/mol. The highest BCUT2D eigenvalue weighted by Crippen LogP contribution is 2.24. The van der Waals surface area contributed by atoms with E-state index in [1.165, 1.54) is 24.0 Å². The predicted octanol–water partition coefficient (Wildman–Crippen LogP) is 2.86. The van der Waals surface area contributed by atoms with Gasteiger partial charge in [-0.15, -0.1) is 13.2 Å². The molecule has 1 aliphatic heterocycles. The minimum Gasteiger partial charge on any atom is -0.451 e. The van der Waals surface area contributed by atoms with Gasteiger partial charge < -0.3 is 19.7 Å². The molecule has 0 saturated carbocycles. The van der Waals surface area contributed by atoms with E-state index in [4.69, 9.17) is 4.74 Å². The van der Waals surface area contributed by atoms with Gasteiger partial charge in [-0.3, -0.25) is 14.4 Å². The number of anilines is 1. The molecule has 1 fully saturated rings. The summed E-state index contributed by atoms with van der Waals surface area (Å²) in [6, 6.07) is 4.54. The van der Waals surface area contributed by atoms with Crippen LogP contribution < -0.4 is 10.1 Å². The van der Waals surface area contributed by atoms with Gasteiger partial charge in [0.2, 0.25) is 5.91 Å². The van der Waals surface area contributed by atoms with Gasteiger partial charge in [0.05, 0.1) is 0 Å². The van der Waals surface area contributed by atoms with Crippen LogP contribution in [0.3, 0.4) is 0 Å². The number of halogens is 3. The fourth-order valence-corrected chi connectivity index (χ4v) is 2.63. The summed E-state index contributed by atoms with van der Waals surface area (Å²) in [5.74, 6) is -1.90. The number of amides is 2. The van der Waals surface area contributed by atoms with Crippen molar-refractivity contribution in [2.24, 2.45) is 0 Å². The lowest BCUT2D eigenvalue weighted by molar-refractivity contribution is -0.274. The number of carbonyl (C=O) groups is 3. The van der Waals surface area contributed by atoms with Gasteiger partial charge in [-0.25, -0.2) is 0 Å². The lowest BCUT2D eigenvalue weighted by Crippen LogP contribution is -2.38. The maximum Gasteiger partial charge on any atom is 0.573 e. The van der Waals surface area contributed by atoms with Crippen molar-refractivity contribution in [2.45, 2.75) is 45.1 Å². The SMILES string of the molecule is CC(OC(=O)CN1CCCCCC1=O)C(=O)Nc1ccc(OC(F)(F)F)cc1. The summed E-state index contributed by atoms with van der Waals surface area (Å²) in [7, 11) is 0.